The highest BCUT2D eigenvalue weighted by molar-refractivity contribution is 5.94. The minimum atomic E-state index is -0.597. The highest BCUT2D eigenvalue weighted by Crippen LogP contribution is 2.19. The number of aromatic nitrogens is 2. The Morgan fingerprint density at radius 1 is 1.09 bits per heavy atom. The van der Waals surface area contributed by atoms with Gasteiger partial charge in [0.25, 0.3) is 11.5 Å². The molecular formula is C24H23N3O5. The number of ether oxygens (including phenoxy) is 2. The number of amides is 1. The number of benzene rings is 2. The van der Waals surface area contributed by atoms with Crippen molar-refractivity contribution in [2.75, 3.05) is 5.32 Å². The van der Waals surface area contributed by atoms with Gasteiger partial charge in [0, 0.05) is 17.8 Å². The van der Waals surface area contributed by atoms with Crippen LogP contribution in [0.3, 0.4) is 0 Å². The van der Waals surface area contributed by atoms with Crippen molar-refractivity contribution in [3.05, 3.63) is 88.5 Å². The lowest BCUT2D eigenvalue weighted by Crippen LogP contribution is -2.32. The molecule has 0 aliphatic heterocycles. The molecule has 0 aliphatic carbocycles. The van der Waals surface area contributed by atoms with E-state index in [9.17, 15) is 9.59 Å². The number of hydrogen-bond acceptors (Lipinski definition) is 6. The minimum Gasteiger partial charge on any atom is -0.487 e. The molecule has 1 N–H and O–H groups in total. The van der Waals surface area contributed by atoms with E-state index in [1.807, 2.05) is 37.3 Å². The van der Waals surface area contributed by atoms with Gasteiger partial charge in [0.15, 0.2) is 11.8 Å². The Balaban J connectivity index is 1.35. The SMILES string of the molecule is CCC(Oc1ccccc1)C(=O)Nc1ccc(OCc2cc(=O)n3oc(C)cc3n2)cc1. The number of anilines is 1. The minimum absolute atomic E-state index is 0.129. The molecule has 0 fully saturated rings. The summed E-state index contributed by atoms with van der Waals surface area (Å²) < 4.78 is 17.9. The molecule has 2 aromatic carbocycles. The molecule has 8 heteroatoms. The van der Waals surface area contributed by atoms with Gasteiger partial charge >= 0.3 is 0 Å². The summed E-state index contributed by atoms with van der Waals surface area (Å²) in [5.41, 5.74) is 1.26. The molecule has 0 spiro atoms. The Morgan fingerprint density at radius 3 is 2.56 bits per heavy atom. The van der Waals surface area contributed by atoms with E-state index >= 15 is 0 Å². The fraction of sp³-hybridized carbons (Fsp3) is 0.208. The Morgan fingerprint density at radius 2 is 1.84 bits per heavy atom. The number of fused-ring (bicyclic) bond motifs is 1. The predicted octanol–water partition coefficient (Wildman–Crippen LogP) is 3.97. The monoisotopic (exact) mass is 433 g/mol. The highest BCUT2D eigenvalue weighted by Gasteiger charge is 2.18. The highest BCUT2D eigenvalue weighted by atomic mass is 16.5. The summed E-state index contributed by atoms with van der Waals surface area (Å²) in [4.78, 5) is 29.0. The second kappa shape index (κ2) is 9.38. The number of hydrogen-bond donors (Lipinski definition) is 1. The first-order valence-electron chi connectivity index (χ1n) is 10.3. The average Bonchev–Trinajstić information content (AvgIpc) is 3.18. The molecule has 0 saturated heterocycles. The predicted molar refractivity (Wildman–Crippen MR) is 119 cm³/mol. The van der Waals surface area contributed by atoms with Crippen LogP contribution in [0.15, 0.2) is 76.0 Å². The third-order valence-corrected chi connectivity index (χ3v) is 4.72. The summed E-state index contributed by atoms with van der Waals surface area (Å²) >= 11 is 0. The summed E-state index contributed by atoms with van der Waals surface area (Å²) in [6.45, 7) is 3.78. The lowest BCUT2D eigenvalue weighted by molar-refractivity contribution is -0.122. The second-order valence-electron chi connectivity index (χ2n) is 7.21. The number of aryl methyl sites for hydroxylation is 1. The Bertz CT molecular complexity index is 1260. The van der Waals surface area contributed by atoms with Crippen LogP contribution >= 0.6 is 0 Å². The average molecular weight is 433 g/mol. The molecule has 2 aromatic heterocycles. The maximum atomic E-state index is 12.6. The van der Waals surface area contributed by atoms with E-state index in [0.29, 0.717) is 40.7 Å². The van der Waals surface area contributed by atoms with Gasteiger partial charge in [-0.25, -0.2) is 4.98 Å². The van der Waals surface area contributed by atoms with Crippen LogP contribution in [0.25, 0.3) is 5.65 Å². The van der Waals surface area contributed by atoms with Crippen molar-refractivity contribution in [1.82, 2.24) is 9.56 Å². The molecule has 8 nitrogen and oxygen atoms in total. The van der Waals surface area contributed by atoms with Gasteiger partial charge in [-0.05, 0) is 49.7 Å². The molecule has 32 heavy (non-hydrogen) atoms. The topological polar surface area (TPSA) is 95.1 Å². The van der Waals surface area contributed by atoms with Crippen LogP contribution in [-0.2, 0) is 11.4 Å². The van der Waals surface area contributed by atoms with Crippen LogP contribution in [-0.4, -0.2) is 21.6 Å². The van der Waals surface area contributed by atoms with E-state index in [0.717, 1.165) is 4.57 Å². The summed E-state index contributed by atoms with van der Waals surface area (Å²) in [7, 11) is 0. The van der Waals surface area contributed by atoms with Gasteiger partial charge in [0.2, 0.25) is 0 Å². The van der Waals surface area contributed by atoms with Gasteiger partial charge in [0.05, 0.1) is 5.69 Å². The maximum Gasteiger partial charge on any atom is 0.287 e. The van der Waals surface area contributed by atoms with Crippen molar-refractivity contribution in [2.24, 2.45) is 0 Å². The summed E-state index contributed by atoms with van der Waals surface area (Å²) in [6, 6.07) is 19.3. The van der Waals surface area contributed by atoms with E-state index in [4.69, 9.17) is 14.0 Å². The number of carbonyl (C=O) groups excluding carboxylic acids is 1. The van der Waals surface area contributed by atoms with E-state index in [-0.39, 0.29) is 18.1 Å². The molecule has 1 unspecified atom stereocenters. The molecule has 0 radical (unpaired) electrons. The van der Waals surface area contributed by atoms with E-state index in [1.165, 1.54) is 6.07 Å². The second-order valence-corrected chi connectivity index (χ2v) is 7.21. The van der Waals surface area contributed by atoms with Gasteiger partial charge in [-0.15, -0.1) is 4.57 Å². The zero-order chi connectivity index (χ0) is 22.5. The van der Waals surface area contributed by atoms with Crippen LogP contribution in [0, 0.1) is 6.92 Å². The van der Waals surface area contributed by atoms with Crippen molar-refractivity contribution in [3.8, 4) is 11.5 Å². The molecule has 0 aliphatic rings. The zero-order valence-electron chi connectivity index (χ0n) is 17.8. The van der Waals surface area contributed by atoms with Crippen molar-refractivity contribution in [3.63, 3.8) is 0 Å². The van der Waals surface area contributed by atoms with Crippen LogP contribution < -0.4 is 20.3 Å². The molecule has 164 valence electrons. The van der Waals surface area contributed by atoms with Crippen LogP contribution in [0.1, 0.15) is 24.8 Å². The fourth-order valence-electron chi connectivity index (χ4n) is 3.15. The van der Waals surface area contributed by atoms with Crippen molar-refractivity contribution < 1.29 is 18.8 Å². The number of rotatable bonds is 8. The third-order valence-electron chi connectivity index (χ3n) is 4.72. The van der Waals surface area contributed by atoms with E-state index in [1.54, 1.807) is 37.3 Å². The summed E-state index contributed by atoms with van der Waals surface area (Å²) in [6.07, 6.45) is -0.0600. The van der Waals surface area contributed by atoms with Crippen LogP contribution in [0.5, 0.6) is 11.5 Å². The van der Waals surface area contributed by atoms with E-state index in [2.05, 4.69) is 10.3 Å². The molecule has 0 bridgehead atoms. The third kappa shape index (κ3) is 4.97. The normalized spacial score (nSPS) is 11.8. The molecule has 4 aromatic rings. The molecule has 2 heterocycles. The first-order valence-corrected chi connectivity index (χ1v) is 10.3. The molecule has 4 rings (SSSR count). The summed E-state index contributed by atoms with van der Waals surface area (Å²) in [5, 5.41) is 2.86. The number of nitrogens with zero attached hydrogens (tertiary/aromatic N) is 2. The Kier molecular flexibility index (Phi) is 6.21. The Hall–Kier alpha value is -4.07. The van der Waals surface area contributed by atoms with Crippen molar-refractivity contribution >= 4 is 17.2 Å². The maximum absolute atomic E-state index is 12.6. The van der Waals surface area contributed by atoms with Gasteiger partial charge in [-0.2, -0.15) is 0 Å². The lowest BCUT2D eigenvalue weighted by atomic mass is 10.2. The lowest BCUT2D eigenvalue weighted by Gasteiger charge is -2.17. The quantitative estimate of drug-likeness (QED) is 0.452. The standard InChI is InChI=1S/C24H23N3O5/c1-3-21(31-20-7-5-4-6-8-20)24(29)26-17-9-11-19(12-10-17)30-15-18-14-23(28)27-22(25-18)13-16(2)32-27/h4-14,21H,3,15H2,1-2H3,(H,26,29). The van der Waals surface area contributed by atoms with Gasteiger partial charge < -0.3 is 19.3 Å². The van der Waals surface area contributed by atoms with Gasteiger partial charge in [-0.1, -0.05) is 25.1 Å². The van der Waals surface area contributed by atoms with Gasteiger partial charge in [-0.3, -0.25) is 9.59 Å². The van der Waals surface area contributed by atoms with Crippen LogP contribution in [0.2, 0.25) is 0 Å². The van der Waals surface area contributed by atoms with Crippen molar-refractivity contribution in [1.29, 1.82) is 0 Å². The smallest absolute Gasteiger partial charge is 0.287 e. The Labute approximate surface area is 184 Å². The summed E-state index contributed by atoms with van der Waals surface area (Å²) in [5.74, 6) is 1.61. The number of para-hydroxylation sites is 1. The van der Waals surface area contributed by atoms with Crippen LogP contribution in [0.4, 0.5) is 5.69 Å². The molecule has 1 amide bonds. The van der Waals surface area contributed by atoms with E-state index < -0.39 is 6.10 Å². The zero-order valence-corrected chi connectivity index (χ0v) is 17.8. The molecular weight excluding hydrogens is 410 g/mol. The van der Waals surface area contributed by atoms with Crippen molar-refractivity contribution in [2.45, 2.75) is 33.0 Å². The first-order chi connectivity index (χ1) is 15.5. The molecule has 0 saturated carbocycles. The van der Waals surface area contributed by atoms with Gasteiger partial charge in [0.1, 0.15) is 23.9 Å². The fourth-order valence-corrected chi connectivity index (χ4v) is 3.15. The number of nitrogens with one attached hydrogen (secondary N) is 1. The largest absolute Gasteiger partial charge is 0.487 e. The first kappa shape index (κ1) is 21.2. The molecule has 1 atom stereocenters. The number of carbonyl (C=O) groups is 1.